The molecule has 3 aromatic heterocycles. The number of rotatable bonds is 8. The molecule has 0 saturated carbocycles. The molecule has 0 radical (unpaired) electrons. The van der Waals surface area contributed by atoms with E-state index in [1.54, 1.807) is 37.1 Å². The van der Waals surface area contributed by atoms with E-state index in [2.05, 4.69) is 30.9 Å². The molecular formula is C22H19N7O4S. The third-order valence-corrected chi connectivity index (χ3v) is 5.87. The smallest absolute Gasteiger partial charge is 0.253 e. The zero-order valence-corrected chi connectivity index (χ0v) is 19.3. The molecule has 5 rings (SSSR count). The van der Waals surface area contributed by atoms with Gasteiger partial charge in [-0.05, 0) is 29.5 Å². The molecule has 0 atom stereocenters. The van der Waals surface area contributed by atoms with Crippen LogP contribution in [-0.4, -0.2) is 49.8 Å². The lowest BCUT2D eigenvalue weighted by Crippen LogP contribution is -2.02. The Balaban J connectivity index is 1.38. The van der Waals surface area contributed by atoms with Crippen LogP contribution in [0.4, 0.5) is 0 Å². The highest BCUT2D eigenvalue weighted by Crippen LogP contribution is 2.34. The van der Waals surface area contributed by atoms with Crippen LogP contribution in [0, 0.1) is 6.92 Å². The Morgan fingerprint density at radius 1 is 1.00 bits per heavy atom. The maximum Gasteiger partial charge on any atom is 0.253 e. The van der Waals surface area contributed by atoms with E-state index in [-0.39, 0.29) is 0 Å². The lowest BCUT2D eigenvalue weighted by Gasteiger charge is -2.10. The Morgan fingerprint density at radius 2 is 1.85 bits per heavy atom. The summed E-state index contributed by atoms with van der Waals surface area (Å²) in [4.78, 5) is 0. The average Bonchev–Trinajstić information content (AvgIpc) is 3.62. The minimum absolute atomic E-state index is 0.335. The van der Waals surface area contributed by atoms with Gasteiger partial charge in [0.15, 0.2) is 0 Å². The van der Waals surface area contributed by atoms with Crippen LogP contribution in [0.25, 0.3) is 28.4 Å². The van der Waals surface area contributed by atoms with Crippen LogP contribution in [-0.2, 0) is 5.75 Å². The van der Waals surface area contributed by atoms with Crippen LogP contribution in [0.2, 0.25) is 0 Å². The summed E-state index contributed by atoms with van der Waals surface area (Å²) in [5.74, 6) is 2.95. The fourth-order valence-corrected chi connectivity index (χ4v) is 4.06. The molecule has 3 heterocycles. The first-order valence-corrected chi connectivity index (χ1v) is 11.1. The van der Waals surface area contributed by atoms with Crippen molar-refractivity contribution in [2.75, 3.05) is 14.2 Å². The highest BCUT2D eigenvalue weighted by molar-refractivity contribution is 7.98. The second-order valence-electron chi connectivity index (χ2n) is 7.03. The lowest BCUT2D eigenvalue weighted by atomic mass is 10.1. The molecule has 0 saturated heterocycles. The van der Waals surface area contributed by atoms with Gasteiger partial charge in [0.05, 0.1) is 20.0 Å². The number of hydrogen-bond acceptors (Lipinski definition) is 11. The van der Waals surface area contributed by atoms with Crippen molar-refractivity contribution in [3.8, 4) is 39.9 Å². The van der Waals surface area contributed by atoms with E-state index in [9.17, 15) is 0 Å². The molecule has 172 valence electrons. The molecule has 0 aliphatic heterocycles. The number of thioether (sulfide) groups is 1. The Bertz CT molecular complexity index is 1410. The van der Waals surface area contributed by atoms with Crippen LogP contribution in [0.3, 0.4) is 0 Å². The highest BCUT2D eigenvalue weighted by Gasteiger charge is 2.22. The molecule has 0 aliphatic rings. The van der Waals surface area contributed by atoms with Crippen LogP contribution in [0.15, 0.2) is 62.6 Å². The molecule has 0 unspecified atom stereocenters. The van der Waals surface area contributed by atoms with E-state index in [1.165, 1.54) is 11.8 Å². The monoisotopic (exact) mass is 477 g/mol. The molecule has 34 heavy (non-hydrogen) atoms. The number of aromatic nitrogens is 7. The first kappa shape index (κ1) is 21.6. The Kier molecular flexibility index (Phi) is 5.95. The van der Waals surface area contributed by atoms with Gasteiger partial charge in [-0.15, -0.1) is 15.3 Å². The molecule has 0 fully saturated rings. The van der Waals surface area contributed by atoms with Crippen molar-refractivity contribution in [1.29, 1.82) is 0 Å². The van der Waals surface area contributed by atoms with E-state index < -0.39 is 0 Å². The Morgan fingerprint density at radius 3 is 2.65 bits per heavy atom. The van der Waals surface area contributed by atoms with Gasteiger partial charge in [-0.3, -0.25) is 0 Å². The molecule has 0 amide bonds. The summed E-state index contributed by atoms with van der Waals surface area (Å²) < 4.78 is 23.7. The van der Waals surface area contributed by atoms with Gasteiger partial charge in [-0.2, -0.15) is 4.68 Å². The van der Waals surface area contributed by atoms with Crippen LogP contribution >= 0.6 is 11.8 Å². The Hall–Kier alpha value is -4.19. The van der Waals surface area contributed by atoms with Gasteiger partial charge in [0.2, 0.25) is 11.0 Å². The first-order valence-electron chi connectivity index (χ1n) is 10.2. The van der Waals surface area contributed by atoms with E-state index in [0.29, 0.717) is 56.9 Å². The summed E-state index contributed by atoms with van der Waals surface area (Å²) in [6.45, 7) is 1.81. The van der Waals surface area contributed by atoms with Crippen molar-refractivity contribution in [2.45, 2.75) is 17.8 Å². The topological polar surface area (TPSA) is 127 Å². The maximum absolute atomic E-state index is 5.93. The number of nitrogens with zero attached hydrogens (tertiary/aromatic N) is 7. The summed E-state index contributed by atoms with van der Waals surface area (Å²) in [6.07, 6.45) is 0. The minimum atomic E-state index is 0.335. The van der Waals surface area contributed by atoms with Crippen LogP contribution in [0.5, 0.6) is 11.5 Å². The van der Waals surface area contributed by atoms with Crippen molar-refractivity contribution in [3.63, 3.8) is 0 Å². The number of aryl methyl sites for hydroxylation is 1. The molecule has 11 nitrogen and oxygen atoms in total. The van der Waals surface area contributed by atoms with E-state index in [0.717, 1.165) is 5.56 Å². The van der Waals surface area contributed by atoms with Crippen molar-refractivity contribution >= 4 is 11.8 Å². The lowest BCUT2D eigenvalue weighted by molar-refractivity contribution is 0.399. The molecular weight excluding hydrogens is 458 g/mol. The Labute approximate surface area is 198 Å². The van der Waals surface area contributed by atoms with Crippen LogP contribution < -0.4 is 9.47 Å². The zero-order valence-electron chi connectivity index (χ0n) is 18.5. The number of methoxy groups -OCH3 is 2. The van der Waals surface area contributed by atoms with Gasteiger partial charge in [0.25, 0.3) is 5.89 Å². The molecule has 5 aromatic rings. The van der Waals surface area contributed by atoms with E-state index in [1.807, 2.05) is 37.3 Å². The van der Waals surface area contributed by atoms with Gasteiger partial charge >= 0.3 is 0 Å². The second-order valence-corrected chi connectivity index (χ2v) is 7.97. The second kappa shape index (κ2) is 9.35. The summed E-state index contributed by atoms with van der Waals surface area (Å²) in [6, 6.07) is 15.1. The standard InChI is InChI=1S/C22H19N7O4S/c1-13-19(20(26-33-13)14-7-5-4-6-8-14)21-24-23-18(32-21)12-34-22-25-27-28-29(22)16-11-15(30-2)9-10-17(16)31-3/h4-11H,12H2,1-3H3. The van der Waals surface area contributed by atoms with Gasteiger partial charge < -0.3 is 18.4 Å². The van der Waals surface area contributed by atoms with Gasteiger partial charge in [-0.1, -0.05) is 47.3 Å². The predicted octanol–water partition coefficient (Wildman–Crippen LogP) is 3.99. The third-order valence-electron chi connectivity index (χ3n) is 4.97. The molecule has 0 aliphatic carbocycles. The summed E-state index contributed by atoms with van der Waals surface area (Å²) in [7, 11) is 3.17. The minimum Gasteiger partial charge on any atom is -0.497 e. The van der Waals surface area contributed by atoms with E-state index >= 15 is 0 Å². The number of tetrazole rings is 1. The quantitative estimate of drug-likeness (QED) is 0.301. The first-order chi connectivity index (χ1) is 16.7. The van der Waals surface area contributed by atoms with Crippen molar-refractivity contribution in [3.05, 3.63) is 60.2 Å². The van der Waals surface area contributed by atoms with Gasteiger partial charge in [0.1, 0.15) is 34.2 Å². The van der Waals surface area contributed by atoms with Crippen molar-refractivity contribution in [2.24, 2.45) is 0 Å². The number of ether oxygens (including phenoxy) is 2. The average molecular weight is 478 g/mol. The molecule has 12 heteroatoms. The van der Waals surface area contributed by atoms with Gasteiger partial charge in [0, 0.05) is 11.6 Å². The van der Waals surface area contributed by atoms with Crippen molar-refractivity contribution < 1.29 is 18.4 Å². The fraction of sp³-hybridized carbons (Fsp3) is 0.182. The molecule has 0 N–H and O–H groups in total. The maximum atomic E-state index is 5.93. The summed E-state index contributed by atoms with van der Waals surface area (Å²) in [5, 5.41) is 25.1. The molecule has 0 bridgehead atoms. The number of hydrogen-bond donors (Lipinski definition) is 0. The van der Waals surface area contributed by atoms with Crippen LogP contribution in [0.1, 0.15) is 11.7 Å². The fourth-order valence-electron chi connectivity index (χ4n) is 3.34. The largest absolute Gasteiger partial charge is 0.497 e. The van der Waals surface area contributed by atoms with Gasteiger partial charge in [-0.25, -0.2) is 0 Å². The van der Waals surface area contributed by atoms with Crippen molar-refractivity contribution in [1.82, 2.24) is 35.6 Å². The van der Waals surface area contributed by atoms with E-state index in [4.69, 9.17) is 18.4 Å². The summed E-state index contributed by atoms with van der Waals surface area (Å²) in [5.41, 5.74) is 2.86. The molecule has 2 aromatic carbocycles. The third kappa shape index (κ3) is 4.10. The normalized spacial score (nSPS) is 11.0. The molecule has 0 spiro atoms. The predicted molar refractivity (Wildman–Crippen MR) is 122 cm³/mol. The number of benzene rings is 2. The SMILES string of the molecule is COc1ccc(OC)c(-n2nnnc2SCc2nnc(-c3c(-c4ccccc4)noc3C)o2)c1. The zero-order chi connectivity index (χ0) is 23.5. The highest BCUT2D eigenvalue weighted by atomic mass is 32.2. The summed E-state index contributed by atoms with van der Waals surface area (Å²) >= 11 is 1.34.